The largest absolute Gasteiger partial charge is 0.350 e. The Morgan fingerprint density at radius 1 is 0.567 bits per heavy atom. The van der Waals surface area contributed by atoms with Crippen molar-refractivity contribution in [3.8, 4) is 0 Å². The number of aryl methyl sites for hydroxylation is 2. The second kappa shape index (κ2) is 7.53. The van der Waals surface area contributed by atoms with Gasteiger partial charge in [0.15, 0.2) is 0 Å². The Hall–Kier alpha value is -3.85. The highest BCUT2D eigenvalue weighted by molar-refractivity contribution is 5.93. The normalized spacial score (nSPS) is 12.1. The zero-order chi connectivity index (χ0) is 20.5. The van der Waals surface area contributed by atoms with Crippen LogP contribution in [0.25, 0.3) is 46.1 Å². The summed E-state index contributed by atoms with van der Waals surface area (Å²) in [4.78, 5) is 4.79. The molecule has 0 aliphatic heterocycles. The van der Waals surface area contributed by atoms with Gasteiger partial charge in [-0.25, -0.2) is 4.98 Å². The van der Waals surface area contributed by atoms with Crippen LogP contribution in [0.5, 0.6) is 0 Å². The molecule has 0 atom stereocenters. The number of hydrogen-bond donors (Lipinski definition) is 0. The molecule has 3 heteroatoms. The summed E-state index contributed by atoms with van der Waals surface area (Å²) in [6.07, 6.45) is 12.8. The molecule has 30 heavy (non-hydrogen) atoms. The van der Waals surface area contributed by atoms with Gasteiger partial charge in [-0.05, 0) is 36.4 Å². The molecule has 0 aliphatic rings. The Morgan fingerprint density at radius 3 is 1.53 bits per heavy atom. The summed E-state index contributed by atoms with van der Waals surface area (Å²) in [7, 11) is 4.16. The molecule has 3 heterocycles. The van der Waals surface area contributed by atoms with Crippen molar-refractivity contribution in [2.75, 3.05) is 0 Å². The molecule has 0 radical (unpaired) electrons. The van der Waals surface area contributed by atoms with E-state index in [0.717, 1.165) is 11.4 Å². The fourth-order valence-electron chi connectivity index (χ4n) is 4.02. The molecule has 0 aliphatic carbocycles. The van der Waals surface area contributed by atoms with Crippen molar-refractivity contribution in [1.29, 1.82) is 0 Å². The molecule has 146 valence electrons. The van der Waals surface area contributed by atoms with Gasteiger partial charge < -0.3 is 9.13 Å². The zero-order valence-electron chi connectivity index (χ0n) is 17.2. The zero-order valence-corrected chi connectivity index (χ0v) is 17.2. The van der Waals surface area contributed by atoms with E-state index >= 15 is 0 Å². The molecule has 3 aromatic heterocycles. The smallest absolute Gasteiger partial charge is 0.0637 e. The Labute approximate surface area is 176 Å². The van der Waals surface area contributed by atoms with E-state index in [1.807, 2.05) is 12.1 Å². The standard InChI is InChI=1S/C27H23N3/c1-29-18-20(24-10-3-5-12-26(24)29)14-16-22-8-7-9-23(28-22)17-15-21-19-30(2)27-13-6-4-11-25(21)27/h3-19H,1-2H3/b16-14+,17-15+. The molecule has 5 rings (SSSR count). The van der Waals surface area contributed by atoms with Crippen molar-refractivity contribution >= 4 is 46.1 Å². The van der Waals surface area contributed by atoms with Crippen molar-refractivity contribution in [1.82, 2.24) is 14.1 Å². The van der Waals surface area contributed by atoms with Crippen molar-refractivity contribution in [2.45, 2.75) is 0 Å². The third-order valence-electron chi connectivity index (χ3n) is 5.52. The number of fused-ring (bicyclic) bond motifs is 2. The number of aromatic nitrogens is 3. The molecule has 0 saturated heterocycles. The van der Waals surface area contributed by atoms with Crippen LogP contribution in [0.1, 0.15) is 22.5 Å². The molecule has 2 aromatic carbocycles. The Bertz CT molecular complexity index is 1310. The van der Waals surface area contributed by atoms with Crippen LogP contribution in [-0.2, 0) is 14.1 Å². The Kier molecular flexibility index (Phi) is 4.56. The average molecular weight is 390 g/mol. The van der Waals surface area contributed by atoms with Gasteiger partial charge in [0.25, 0.3) is 0 Å². The van der Waals surface area contributed by atoms with Gasteiger partial charge >= 0.3 is 0 Å². The van der Waals surface area contributed by atoms with Gasteiger partial charge in [0.2, 0.25) is 0 Å². The van der Waals surface area contributed by atoms with Gasteiger partial charge in [-0.2, -0.15) is 0 Å². The van der Waals surface area contributed by atoms with Crippen LogP contribution in [0.2, 0.25) is 0 Å². The molecular formula is C27H23N3. The molecule has 0 spiro atoms. The van der Waals surface area contributed by atoms with Gasteiger partial charge in [-0.3, -0.25) is 0 Å². The van der Waals surface area contributed by atoms with E-state index in [1.165, 1.54) is 32.9 Å². The number of nitrogens with zero attached hydrogens (tertiary/aromatic N) is 3. The second-order valence-corrected chi connectivity index (χ2v) is 7.58. The minimum Gasteiger partial charge on any atom is -0.350 e. The van der Waals surface area contributed by atoms with E-state index in [-0.39, 0.29) is 0 Å². The number of para-hydroxylation sites is 2. The first kappa shape index (κ1) is 18.2. The first-order valence-corrected chi connectivity index (χ1v) is 10.1. The topological polar surface area (TPSA) is 22.8 Å². The van der Waals surface area contributed by atoms with Crippen LogP contribution < -0.4 is 0 Å². The molecule has 0 unspecified atom stereocenters. The van der Waals surface area contributed by atoms with Crippen LogP contribution in [-0.4, -0.2) is 14.1 Å². The van der Waals surface area contributed by atoms with E-state index in [0.29, 0.717) is 0 Å². The van der Waals surface area contributed by atoms with Crippen molar-refractivity contribution in [2.24, 2.45) is 14.1 Å². The summed E-state index contributed by atoms with van der Waals surface area (Å²) in [6, 6.07) is 23.0. The predicted molar refractivity (Wildman–Crippen MR) is 128 cm³/mol. The summed E-state index contributed by atoms with van der Waals surface area (Å²) in [5.74, 6) is 0. The summed E-state index contributed by atoms with van der Waals surface area (Å²) < 4.78 is 4.32. The SMILES string of the molecule is Cn1cc(/C=C/c2cccc(/C=C/c3cn(C)c4ccccc34)n2)c2ccccc21. The highest BCUT2D eigenvalue weighted by atomic mass is 14.9. The number of hydrogen-bond acceptors (Lipinski definition) is 1. The molecule has 0 N–H and O–H groups in total. The minimum absolute atomic E-state index is 0.947. The van der Waals surface area contributed by atoms with Crippen LogP contribution in [0.15, 0.2) is 79.1 Å². The highest BCUT2D eigenvalue weighted by Gasteiger charge is 2.04. The van der Waals surface area contributed by atoms with Gasteiger partial charge in [0.1, 0.15) is 0 Å². The monoisotopic (exact) mass is 389 g/mol. The molecule has 0 bridgehead atoms. The third-order valence-corrected chi connectivity index (χ3v) is 5.52. The summed E-state index contributed by atoms with van der Waals surface area (Å²) in [5, 5.41) is 2.51. The first-order valence-electron chi connectivity index (χ1n) is 10.1. The first-order chi connectivity index (χ1) is 14.7. The predicted octanol–water partition coefficient (Wildman–Crippen LogP) is 6.41. The van der Waals surface area contributed by atoms with Crippen molar-refractivity contribution in [3.63, 3.8) is 0 Å². The maximum atomic E-state index is 4.79. The third kappa shape index (κ3) is 3.35. The lowest BCUT2D eigenvalue weighted by atomic mass is 10.1. The maximum absolute atomic E-state index is 4.79. The lowest BCUT2D eigenvalue weighted by molar-refractivity contribution is 0.968. The van der Waals surface area contributed by atoms with Crippen molar-refractivity contribution < 1.29 is 0 Å². The molecular weight excluding hydrogens is 366 g/mol. The highest BCUT2D eigenvalue weighted by Crippen LogP contribution is 2.23. The van der Waals surface area contributed by atoms with Crippen molar-refractivity contribution in [3.05, 3.63) is 102 Å². The molecule has 0 saturated carbocycles. The van der Waals surface area contributed by atoms with Crippen LogP contribution in [0.4, 0.5) is 0 Å². The van der Waals surface area contributed by atoms with E-state index in [9.17, 15) is 0 Å². The van der Waals surface area contributed by atoms with Crippen LogP contribution >= 0.6 is 0 Å². The fourth-order valence-corrected chi connectivity index (χ4v) is 4.02. The molecule has 5 aromatic rings. The molecule has 3 nitrogen and oxygen atoms in total. The van der Waals surface area contributed by atoms with E-state index in [2.05, 4.69) is 115 Å². The van der Waals surface area contributed by atoms with Crippen LogP contribution in [0.3, 0.4) is 0 Å². The molecule has 0 amide bonds. The summed E-state index contributed by atoms with van der Waals surface area (Å²) in [5.41, 5.74) is 6.76. The maximum Gasteiger partial charge on any atom is 0.0637 e. The Morgan fingerprint density at radius 2 is 1.03 bits per heavy atom. The van der Waals surface area contributed by atoms with Gasteiger partial charge in [-0.1, -0.05) is 54.6 Å². The lowest BCUT2D eigenvalue weighted by Crippen LogP contribution is -1.84. The van der Waals surface area contributed by atoms with E-state index < -0.39 is 0 Å². The van der Waals surface area contributed by atoms with Gasteiger partial charge in [0.05, 0.1) is 11.4 Å². The quantitative estimate of drug-likeness (QED) is 0.348. The summed E-state index contributed by atoms with van der Waals surface area (Å²) in [6.45, 7) is 0. The van der Waals surface area contributed by atoms with E-state index in [1.54, 1.807) is 0 Å². The van der Waals surface area contributed by atoms with E-state index in [4.69, 9.17) is 4.98 Å². The number of pyridine rings is 1. The molecule has 0 fully saturated rings. The second-order valence-electron chi connectivity index (χ2n) is 7.58. The fraction of sp³-hybridized carbons (Fsp3) is 0.0741. The van der Waals surface area contributed by atoms with Crippen LogP contribution in [0, 0.1) is 0 Å². The minimum atomic E-state index is 0.947. The number of benzene rings is 2. The van der Waals surface area contributed by atoms with Gasteiger partial charge in [0, 0.05) is 59.4 Å². The Balaban J connectivity index is 1.42. The lowest BCUT2D eigenvalue weighted by Gasteiger charge is -1.97. The van der Waals surface area contributed by atoms with Gasteiger partial charge in [-0.15, -0.1) is 0 Å². The summed E-state index contributed by atoms with van der Waals surface area (Å²) >= 11 is 0. The number of rotatable bonds is 4. The average Bonchev–Trinajstić information content (AvgIpc) is 3.28.